The third-order valence-electron chi connectivity index (χ3n) is 1.74. The molecule has 2 aromatic rings. The molecule has 0 aliphatic heterocycles. The monoisotopic (exact) mass is 174 g/mol. The number of rotatable bonds is 2. The smallest absolute Gasteiger partial charge is 0.125 e. The summed E-state index contributed by atoms with van der Waals surface area (Å²) in [4.78, 5) is 8.21. The average molecular weight is 174 g/mol. The van der Waals surface area contributed by atoms with E-state index >= 15 is 0 Å². The fourth-order valence-corrected chi connectivity index (χ4v) is 1.08. The van der Waals surface area contributed by atoms with Gasteiger partial charge in [-0.2, -0.15) is 5.10 Å². The van der Waals surface area contributed by atoms with E-state index in [1.165, 1.54) is 0 Å². The minimum absolute atomic E-state index is 0.729. The van der Waals surface area contributed by atoms with Crippen LogP contribution in [0.25, 0.3) is 0 Å². The molecule has 0 spiro atoms. The lowest BCUT2D eigenvalue weighted by Gasteiger charge is -2.00. The van der Waals surface area contributed by atoms with Crippen molar-refractivity contribution in [1.29, 1.82) is 0 Å². The fraction of sp³-hybridized carbons (Fsp3) is 0.222. The predicted octanol–water partition coefficient (Wildman–Crippen LogP) is 1.03. The van der Waals surface area contributed by atoms with Crippen LogP contribution >= 0.6 is 0 Å². The van der Waals surface area contributed by atoms with Crippen LogP contribution in [0.1, 0.15) is 11.4 Å². The number of nitrogens with zero attached hydrogens (tertiary/aromatic N) is 4. The first-order chi connectivity index (χ1) is 6.34. The molecule has 66 valence electrons. The maximum absolute atomic E-state index is 4.11. The molecule has 0 saturated heterocycles. The van der Waals surface area contributed by atoms with Crippen LogP contribution in [0.15, 0.2) is 30.9 Å². The Morgan fingerprint density at radius 2 is 2.08 bits per heavy atom. The normalized spacial score (nSPS) is 10.2. The predicted molar refractivity (Wildman–Crippen MR) is 48.1 cm³/mol. The van der Waals surface area contributed by atoms with Crippen molar-refractivity contribution in [1.82, 2.24) is 19.7 Å². The Labute approximate surface area is 76.3 Å². The highest BCUT2D eigenvalue weighted by Gasteiger charge is 1.95. The molecular formula is C9H10N4. The Kier molecular flexibility index (Phi) is 2.04. The molecule has 2 heterocycles. The molecule has 0 aliphatic carbocycles. The van der Waals surface area contributed by atoms with Crippen LogP contribution in [-0.2, 0) is 6.54 Å². The lowest BCUT2D eigenvalue weighted by molar-refractivity contribution is 0.681. The van der Waals surface area contributed by atoms with E-state index in [-0.39, 0.29) is 0 Å². The highest BCUT2D eigenvalue weighted by atomic mass is 15.3. The van der Waals surface area contributed by atoms with Crippen molar-refractivity contribution in [2.45, 2.75) is 13.5 Å². The zero-order chi connectivity index (χ0) is 9.10. The van der Waals surface area contributed by atoms with Crippen LogP contribution in [0.5, 0.6) is 0 Å². The van der Waals surface area contributed by atoms with Crippen molar-refractivity contribution in [3.63, 3.8) is 0 Å². The van der Waals surface area contributed by atoms with Gasteiger partial charge in [-0.3, -0.25) is 4.68 Å². The van der Waals surface area contributed by atoms with Gasteiger partial charge in [0, 0.05) is 30.4 Å². The van der Waals surface area contributed by atoms with E-state index in [2.05, 4.69) is 15.1 Å². The van der Waals surface area contributed by atoms with Crippen LogP contribution in [0.3, 0.4) is 0 Å². The van der Waals surface area contributed by atoms with Crippen LogP contribution in [0, 0.1) is 6.92 Å². The zero-order valence-corrected chi connectivity index (χ0v) is 7.38. The van der Waals surface area contributed by atoms with Crippen LogP contribution < -0.4 is 0 Å². The third-order valence-corrected chi connectivity index (χ3v) is 1.74. The first kappa shape index (κ1) is 7.91. The SMILES string of the molecule is Cc1ncc(Cn2cccn2)cn1. The van der Waals surface area contributed by atoms with Gasteiger partial charge in [-0.25, -0.2) is 9.97 Å². The van der Waals surface area contributed by atoms with Crippen molar-refractivity contribution < 1.29 is 0 Å². The van der Waals surface area contributed by atoms with Gasteiger partial charge in [0.2, 0.25) is 0 Å². The lowest BCUT2D eigenvalue weighted by atomic mass is 10.3. The van der Waals surface area contributed by atoms with Gasteiger partial charge in [0.25, 0.3) is 0 Å². The quantitative estimate of drug-likeness (QED) is 0.683. The average Bonchev–Trinajstić information content (AvgIpc) is 2.62. The minimum atomic E-state index is 0.729. The molecule has 0 bridgehead atoms. The number of hydrogen-bond acceptors (Lipinski definition) is 3. The molecule has 4 nitrogen and oxygen atoms in total. The summed E-state index contributed by atoms with van der Waals surface area (Å²) < 4.78 is 1.84. The molecule has 0 aromatic carbocycles. The second-order valence-electron chi connectivity index (χ2n) is 2.84. The van der Waals surface area contributed by atoms with Gasteiger partial charge < -0.3 is 0 Å². The molecule has 0 N–H and O–H groups in total. The second kappa shape index (κ2) is 3.35. The van der Waals surface area contributed by atoms with Gasteiger partial charge in [0.05, 0.1) is 6.54 Å². The first-order valence-electron chi connectivity index (χ1n) is 4.09. The molecule has 0 fully saturated rings. The number of hydrogen-bond donors (Lipinski definition) is 0. The summed E-state index contributed by atoms with van der Waals surface area (Å²) in [6.07, 6.45) is 7.32. The van der Waals surface area contributed by atoms with Crippen LogP contribution in [0.2, 0.25) is 0 Å². The van der Waals surface area contributed by atoms with E-state index in [0.29, 0.717) is 0 Å². The van der Waals surface area contributed by atoms with Gasteiger partial charge in [-0.05, 0) is 13.0 Å². The van der Waals surface area contributed by atoms with E-state index in [0.717, 1.165) is 17.9 Å². The standard InChI is InChI=1S/C9H10N4/c1-8-10-5-9(6-11-8)7-13-4-2-3-12-13/h2-6H,7H2,1H3. The minimum Gasteiger partial charge on any atom is -0.268 e. The lowest BCUT2D eigenvalue weighted by Crippen LogP contribution is -2.01. The van der Waals surface area contributed by atoms with Gasteiger partial charge in [-0.15, -0.1) is 0 Å². The summed E-state index contributed by atoms with van der Waals surface area (Å²) in [6, 6.07) is 1.90. The largest absolute Gasteiger partial charge is 0.268 e. The summed E-state index contributed by atoms with van der Waals surface area (Å²) in [5.41, 5.74) is 1.06. The van der Waals surface area contributed by atoms with Crippen molar-refractivity contribution >= 4 is 0 Å². The molecular weight excluding hydrogens is 164 g/mol. The van der Waals surface area contributed by atoms with E-state index in [4.69, 9.17) is 0 Å². The number of aryl methyl sites for hydroxylation is 1. The van der Waals surface area contributed by atoms with Gasteiger partial charge in [0.15, 0.2) is 0 Å². The Bertz CT molecular complexity index is 363. The maximum Gasteiger partial charge on any atom is 0.125 e. The van der Waals surface area contributed by atoms with Crippen molar-refractivity contribution in [2.24, 2.45) is 0 Å². The first-order valence-corrected chi connectivity index (χ1v) is 4.09. The van der Waals surface area contributed by atoms with Crippen LogP contribution in [-0.4, -0.2) is 19.7 Å². The molecule has 2 aromatic heterocycles. The maximum atomic E-state index is 4.11. The molecule has 0 atom stereocenters. The van der Waals surface area contributed by atoms with Crippen LogP contribution in [0.4, 0.5) is 0 Å². The Balaban J connectivity index is 2.15. The van der Waals surface area contributed by atoms with E-state index in [1.54, 1.807) is 6.20 Å². The van der Waals surface area contributed by atoms with Gasteiger partial charge in [-0.1, -0.05) is 0 Å². The highest BCUT2D eigenvalue weighted by molar-refractivity contribution is 5.05. The van der Waals surface area contributed by atoms with Crippen molar-refractivity contribution in [3.05, 3.63) is 42.2 Å². The van der Waals surface area contributed by atoms with E-state index < -0.39 is 0 Å². The molecule has 0 saturated carbocycles. The zero-order valence-electron chi connectivity index (χ0n) is 7.38. The number of aromatic nitrogens is 4. The Hall–Kier alpha value is -1.71. The van der Waals surface area contributed by atoms with E-state index in [9.17, 15) is 0 Å². The molecule has 13 heavy (non-hydrogen) atoms. The molecule has 0 unspecified atom stereocenters. The van der Waals surface area contributed by atoms with Crippen molar-refractivity contribution in [3.8, 4) is 0 Å². The van der Waals surface area contributed by atoms with Crippen molar-refractivity contribution in [2.75, 3.05) is 0 Å². The molecule has 2 rings (SSSR count). The highest BCUT2D eigenvalue weighted by Crippen LogP contribution is 1.98. The fourth-order valence-electron chi connectivity index (χ4n) is 1.08. The van der Waals surface area contributed by atoms with E-state index in [1.807, 2.05) is 36.3 Å². The summed E-state index contributed by atoms with van der Waals surface area (Å²) >= 11 is 0. The third kappa shape index (κ3) is 1.90. The summed E-state index contributed by atoms with van der Waals surface area (Å²) in [7, 11) is 0. The summed E-state index contributed by atoms with van der Waals surface area (Å²) in [5.74, 6) is 0.796. The molecule has 0 aliphatic rings. The Morgan fingerprint density at radius 1 is 1.31 bits per heavy atom. The molecule has 4 heteroatoms. The molecule has 0 amide bonds. The molecule has 0 radical (unpaired) electrons. The Morgan fingerprint density at radius 3 is 2.69 bits per heavy atom. The van der Waals surface area contributed by atoms with Gasteiger partial charge >= 0.3 is 0 Å². The topological polar surface area (TPSA) is 43.6 Å². The second-order valence-corrected chi connectivity index (χ2v) is 2.84. The summed E-state index contributed by atoms with van der Waals surface area (Å²) in [5, 5.41) is 4.10. The summed E-state index contributed by atoms with van der Waals surface area (Å²) in [6.45, 7) is 2.60. The van der Waals surface area contributed by atoms with Gasteiger partial charge in [0.1, 0.15) is 5.82 Å².